The molecular weight excluding hydrogens is 274 g/mol. The van der Waals surface area contributed by atoms with Crippen molar-refractivity contribution in [1.82, 2.24) is 9.88 Å². The highest BCUT2D eigenvalue weighted by Gasteiger charge is 2.21. The molecule has 1 aromatic heterocycles. The third-order valence-corrected chi connectivity index (χ3v) is 3.47. The number of carbonyl (C=O) groups excluding carboxylic acids is 2. The van der Waals surface area contributed by atoms with E-state index in [9.17, 15) is 9.59 Å². The summed E-state index contributed by atoms with van der Waals surface area (Å²) in [5.41, 5.74) is 0.877. The third kappa shape index (κ3) is 5.28. The molecule has 5 nitrogen and oxygen atoms in total. The van der Waals surface area contributed by atoms with Gasteiger partial charge in [0.1, 0.15) is 0 Å². The Labute approximate surface area is 124 Å². The monoisotopic (exact) mass is 297 g/mol. The smallest absolute Gasteiger partial charge is 0.245 e. The zero-order chi connectivity index (χ0) is 15.3. The van der Waals surface area contributed by atoms with Crippen molar-refractivity contribution in [3.8, 4) is 0 Å². The quantitative estimate of drug-likeness (QED) is 0.877. The molecule has 1 rings (SSSR count). The molecule has 0 aliphatic heterocycles. The van der Waals surface area contributed by atoms with Gasteiger partial charge in [0.15, 0.2) is 5.13 Å². The number of amides is 2. The van der Waals surface area contributed by atoms with Gasteiger partial charge in [-0.3, -0.25) is 9.59 Å². The number of rotatable bonds is 6. The van der Waals surface area contributed by atoms with Crippen molar-refractivity contribution in [3.05, 3.63) is 11.1 Å². The number of hydrogen-bond donors (Lipinski definition) is 1. The number of nitrogens with zero attached hydrogens (tertiary/aromatic N) is 2. The third-order valence-electron chi connectivity index (χ3n) is 2.59. The van der Waals surface area contributed by atoms with E-state index >= 15 is 0 Å². The summed E-state index contributed by atoms with van der Waals surface area (Å²) in [5, 5.41) is 5.19. The molecule has 0 radical (unpaired) electrons. The number of nitrogens with one attached hydrogen (secondary N) is 1. The van der Waals surface area contributed by atoms with Gasteiger partial charge in [-0.1, -0.05) is 27.7 Å². The normalized spacial score (nSPS) is 10.9. The summed E-state index contributed by atoms with van der Waals surface area (Å²) in [6, 6.07) is 0. The van der Waals surface area contributed by atoms with Gasteiger partial charge in [-0.25, -0.2) is 4.98 Å². The summed E-state index contributed by atoms with van der Waals surface area (Å²) in [6.45, 7) is 10.3. The van der Waals surface area contributed by atoms with Crippen molar-refractivity contribution in [2.24, 2.45) is 11.8 Å². The molecule has 1 heterocycles. The molecule has 2 amide bonds. The van der Waals surface area contributed by atoms with Crippen LogP contribution in [0.5, 0.6) is 0 Å². The van der Waals surface area contributed by atoms with Crippen molar-refractivity contribution in [1.29, 1.82) is 0 Å². The molecule has 0 fully saturated rings. The lowest BCUT2D eigenvalue weighted by Crippen LogP contribution is -2.42. The fourth-order valence-corrected chi connectivity index (χ4v) is 2.49. The molecule has 0 aliphatic rings. The van der Waals surface area contributed by atoms with E-state index in [0.29, 0.717) is 17.6 Å². The van der Waals surface area contributed by atoms with Crippen LogP contribution in [0.25, 0.3) is 0 Å². The van der Waals surface area contributed by atoms with Crippen LogP contribution in [0.3, 0.4) is 0 Å². The van der Waals surface area contributed by atoms with Crippen molar-refractivity contribution < 1.29 is 9.59 Å². The fraction of sp³-hybridized carbons (Fsp3) is 0.643. The zero-order valence-corrected chi connectivity index (χ0v) is 13.6. The molecule has 0 aromatic carbocycles. The Bertz CT molecular complexity index is 469. The minimum atomic E-state index is -0.200. The Morgan fingerprint density at radius 3 is 2.45 bits per heavy atom. The molecule has 0 saturated carbocycles. The largest absolute Gasteiger partial charge is 0.333 e. The van der Waals surface area contributed by atoms with Crippen LogP contribution in [0, 0.1) is 18.8 Å². The highest BCUT2D eigenvalue weighted by atomic mass is 32.1. The molecule has 0 aliphatic carbocycles. The molecule has 0 spiro atoms. The Morgan fingerprint density at radius 2 is 2.00 bits per heavy atom. The highest BCUT2D eigenvalue weighted by molar-refractivity contribution is 7.13. The van der Waals surface area contributed by atoms with Crippen LogP contribution < -0.4 is 5.32 Å². The average Bonchev–Trinajstić information content (AvgIpc) is 2.71. The van der Waals surface area contributed by atoms with Crippen LogP contribution in [-0.4, -0.2) is 34.8 Å². The summed E-state index contributed by atoms with van der Waals surface area (Å²) in [7, 11) is 0. The molecule has 20 heavy (non-hydrogen) atoms. The standard InChI is InChI=1S/C14H23N3O2S/c1-9(2)6-17(13(19)10(3)4)7-12(18)16-14-15-11(5)8-20-14/h8-10H,6-7H2,1-5H3,(H,15,16,18). The Kier molecular flexibility index (Phi) is 6.13. The second-order valence-corrected chi connectivity index (χ2v) is 6.47. The van der Waals surface area contributed by atoms with Gasteiger partial charge in [-0.15, -0.1) is 11.3 Å². The number of carbonyl (C=O) groups is 2. The van der Waals surface area contributed by atoms with E-state index < -0.39 is 0 Å². The van der Waals surface area contributed by atoms with Crippen molar-refractivity contribution in [2.45, 2.75) is 34.6 Å². The Hall–Kier alpha value is -1.43. The summed E-state index contributed by atoms with van der Waals surface area (Å²) < 4.78 is 0. The first-order valence-electron chi connectivity index (χ1n) is 6.80. The van der Waals surface area contributed by atoms with Crippen LogP contribution in [-0.2, 0) is 9.59 Å². The molecule has 0 unspecified atom stereocenters. The van der Waals surface area contributed by atoms with Crippen molar-refractivity contribution in [3.63, 3.8) is 0 Å². The number of hydrogen-bond acceptors (Lipinski definition) is 4. The van der Waals surface area contributed by atoms with Gasteiger partial charge in [0.25, 0.3) is 0 Å². The Morgan fingerprint density at radius 1 is 1.35 bits per heavy atom. The van der Waals surface area contributed by atoms with E-state index in [-0.39, 0.29) is 24.3 Å². The lowest BCUT2D eigenvalue weighted by atomic mass is 10.1. The van der Waals surface area contributed by atoms with Crippen LogP contribution in [0.1, 0.15) is 33.4 Å². The molecule has 112 valence electrons. The summed E-state index contributed by atoms with van der Waals surface area (Å²) in [6.07, 6.45) is 0. The van der Waals surface area contributed by atoms with Gasteiger partial charge in [0.2, 0.25) is 11.8 Å². The maximum absolute atomic E-state index is 12.1. The van der Waals surface area contributed by atoms with Crippen LogP contribution in [0.4, 0.5) is 5.13 Å². The summed E-state index contributed by atoms with van der Waals surface area (Å²) in [5.74, 6) is 0.0226. The minimum absolute atomic E-state index is 0.00386. The molecule has 1 N–H and O–H groups in total. The number of aromatic nitrogens is 1. The van der Waals surface area contributed by atoms with E-state index in [1.165, 1.54) is 11.3 Å². The lowest BCUT2D eigenvalue weighted by Gasteiger charge is -2.25. The average molecular weight is 297 g/mol. The van der Waals surface area contributed by atoms with E-state index in [0.717, 1.165) is 5.69 Å². The van der Waals surface area contributed by atoms with Gasteiger partial charge in [0.05, 0.1) is 12.2 Å². The maximum atomic E-state index is 12.1. The van der Waals surface area contributed by atoms with Gasteiger partial charge < -0.3 is 10.2 Å². The first kappa shape index (κ1) is 16.6. The fourth-order valence-electron chi connectivity index (χ4n) is 1.78. The Balaban J connectivity index is 2.64. The number of thiazole rings is 1. The summed E-state index contributed by atoms with van der Waals surface area (Å²) >= 11 is 1.39. The van der Waals surface area contributed by atoms with Gasteiger partial charge in [-0.05, 0) is 12.8 Å². The van der Waals surface area contributed by atoms with E-state index in [2.05, 4.69) is 10.3 Å². The van der Waals surface area contributed by atoms with Crippen LogP contribution in [0.15, 0.2) is 5.38 Å². The van der Waals surface area contributed by atoms with E-state index in [1.807, 2.05) is 40.0 Å². The topological polar surface area (TPSA) is 62.3 Å². The van der Waals surface area contributed by atoms with Crippen LogP contribution >= 0.6 is 11.3 Å². The number of aryl methyl sites for hydroxylation is 1. The van der Waals surface area contributed by atoms with Crippen molar-refractivity contribution >= 4 is 28.3 Å². The molecule has 0 saturated heterocycles. The molecule has 1 aromatic rings. The highest BCUT2D eigenvalue weighted by Crippen LogP contribution is 2.14. The van der Waals surface area contributed by atoms with E-state index in [1.54, 1.807) is 4.90 Å². The molecular formula is C14H23N3O2S. The lowest BCUT2D eigenvalue weighted by molar-refractivity contribution is -0.137. The minimum Gasteiger partial charge on any atom is -0.333 e. The van der Waals surface area contributed by atoms with Gasteiger partial charge in [0, 0.05) is 17.8 Å². The van der Waals surface area contributed by atoms with Crippen molar-refractivity contribution in [2.75, 3.05) is 18.4 Å². The van der Waals surface area contributed by atoms with Gasteiger partial charge >= 0.3 is 0 Å². The first-order chi connectivity index (χ1) is 9.29. The zero-order valence-electron chi connectivity index (χ0n) is 12.8. The first-order valence-corrected chi connectivity index (χ1v) is 7.68. The SMILES string of the molecule is Cc1csc(NC(=O)CN(CC(C)C)C(=O)C(C)C)n1. The van der Waals surface area contributed by atoms with Gasteiger partial charge in [-0.2, -0.15) is 0 Å². The molecule has 0 atom stereocenters. The number of anilines is 1. The predicted octanol–water partition coefficient (Wildman–Crippen LogP) is 2.53. The maximum Gasteiger partial charge on any atom is 0.245 e. The van der Waals surface area contributed by atoms with Crippen LogP contribution in [0.2, 0.25) is 0 Å². The molecule has 0 bridgehead atoms. The molecule has 6 heteroatoms. The predicted molar refractivity (Wildman–Crippen MR) is 81.7 cm³/mol. The summed E-state index contributed by atoms with van der Waals surface area (Å²) in [4.78, 5) is 29.9. The second-order valence-electron chi connectivity index (χ2n) is 5.61. The second kappa shape index (κ2) is 7.38. The van der Waals surface area contributed by atoms with E-state index in [4.69, 9.17) is 0 Å².